The van der Waals surface area contributed by atoms with E-state index >= 15 is 0 Å². The van der Waals surface area contributed by atoms with Gasteiger partial charge in [0.15, 0.2) is 4.34 Å². The Morgan fingerprint density at radius 1 is 1.59 bits per heavy atom. The van der Waals surface area contributed by atoms with Gasteiger partial charge >= 0.3 is 5.97 Å². The van der Waals surface area contributed by atoms with Gasteiger partial charge < -0.3 is 5.11 Å². The molecule has 0 spiro atoms. The van der Waals surface area contributed by atoms with Gasteiger partial charge in [0.05, 0.1) is 18.3 Å². The van der Waals surface area contributed by atoms with E-state index in [1.54, 1.807) is 11.6 Å². The third-order valence-corrected chi connectivity index (χ3v) is 3.72. The first kappa shape index (κ1) is 12.0. The zero-order valence-corrected chi connectivity index (χ0v) is 10.6. The molecule has 0 fully saturated rings. The molecule has 0 aliphatic rings. The molecule has 2 rings (SSSR count). The van der Waals surface area contributed by atoms with Gasteiger partial charge in [-0.2, -0.15) is 5.10 Å². The molecule has 17 heavy (non-hydrogen) atoms. The summed E-state index contributed by atoms with van der Waals surface area (Å²) >= 11 is 2.80. The number of thiazole rings is 1. The molecule has 0 aliphatic carbocycles. The number of carbonyl (C=O) groups is 1. The number of carboxylic acid groups (broad SMARTS) is 1. The minimum atomic E-state index is -0.873. The molecule has 88 valence electrons. The van der Waals surface area contributed by atoms with Crippen molar-refractivity contribution in [3.8, 4) is 0 Å². The molecule has 2 heterocycles. The number of hydrogen-bond donors (Lipinski definition) is 1. The Morgan fingerprint density at radius 3 is 3.12 bits per heavy atom. The van der Waals surface area contributed by atoms with Gasteiger partial charge in [-0.1, -0.05) is 0 Å². The van der Waals surface area contributed by atoms with E-state index in [4.69, 9.17) is 5.11 Å². The second-order valence-electron chi connectivity index (χ2n) is 3.35. The highest BCUT2D eigenvalue weighted by atomic mass is 32.2. The number of rotatable bonds is 4. The van der Waals surface area contributed by atoms with E-state index in [2.05, 4.69) is 15.2 Å². The van der Waals surface area contributed by atoms with Crippen molar-refractivity contribution in [3.63, 3.8) is 0 Å². The minimum Gasteiger partial charge on any atom is -0.481 e. The molecular weight excluding hydrogens is 258 g/mol. The molecule has 0 saturated heterocycles. The Morgan fingerprint density at radius 2 is 2.41 bits per heavy atom. The van der Waals surface area contributed by atoms with Crippen LogP contribution in [0, 0.1) is 6.92 Å². The highest BCUT2D eigenvalue weighted by Crippen LogP contribution is 2.28. The highest BCUT2D eigenvalue weighted by Gasteiger charge is 2.08. The van der Waals surface area contributed by atoms with Crippen LogP contribution in [0.25, 0.3) is 0 Å². The van der Waals surface area contributed by atoms with E-state index in [1.807, 2.05) is 13.0 Å². The Bertz CT molecular complexity index is 542. The van der Waals surface area contributed by atoms with E-state index in [1.165, 1.54) is 23.1 Å². The van der Waals surface area contributed by atoms with Crippen LogP contribution in [-0.2, 0) is 11.2 Å². The molecule has 7 heteroatoms. The maximum atomic E-state index is 10.5. The van der Waals surface area contributed by atoms with Crippen LogP contribution in [-0.4, -0.2) is 26.3 Å². The fraction of sp³-hybridized carbons (Fsp3) is 0.200. The number of aryl methyl sites for hydroxylation is 1. The Balaban J connectivity index is 2.08. The van der Waals surface area contributed by atoms with E-state index in [0.29, 0.717) is 5.69 Å². The smallest absolute Gasteiger partial charge is 0.309 e. The van der Waals surface area contributed by atoms with Gasteiger partial charge in [0.1, 0.15) is 5.03 Å². The molecule has 5 nitrogen and oxygen atoms in total. The van der Waals surface area contributed by atoms with Crippen LogP contribution in [0.2, 0.25) is 0 Å². The highest BCUT2D eigenvalue weighted by molar-refractivity contribution is 8.00. The fourth-order valence-corrected chi connectivity index (χ4v) is 2.96. The number of hydrogen-bond acceptors (Lipinski definition) is 6. The van der Waals surface area contributed by atoms with E-state index in [9.17, 15) is 4.79 Å². The van der Waals surface area contributed by atoms with Gasteiger partial charge in [0.25, 0.3) is 0 Å². The summed E-state index contributed by atoms with van der Waals surface area (Å²) in [6, 6.07) is 1.91. The predicted octanol–water partition coefficient (Wildman–Crippen LogP) is 2.02. The molecule has 2 aromatic rings. The Hall–Kier alpha value is -1.47. The first-order valence-electron chi connectivity index (χ1n) is 4.77. The first-order valence-corrected chi connectivity index (χ1v) is 6.46. The number of nitrogens with zero attached hydrogens (tertiary/aromatic N) is 3. The van der Waals surface area contributed by atoms with Gasteiger partial charge in [-0.05, 0) is 30.3 Å². The predicted molar refractivity (Wildman–Crippen MR) is 64.3 cm³/mol. The largest absolute Gasteiger partial charge is 0.481 e. The number of carboxylic acids is 1. The molecule has 0 aromatic carbocycles. The van der Waals surface area contributed by atoms with Crippen LogP contribution in [0.3, 0.4) is 0 Å². The van der Waals surface area contributed by atoms with Crippen LogP contribution < -0.4 is 0 Å². The summed E-state index contributed by atoms with van der Waals surface area (Å²) in [6.45, 7) is 1.94. The lowest BCUT2D eigenvalue weighted by atomic mass is 10.3. The molecule has 1 N–H and O–H groups in total. The maximum Gasteiger partial charge on any atom is 0.309 e. The standard InChI is InChI=1S/C10H9N3O2S2/c1-6-2-8(13-11-4-6)17-10-12-7(5-16-10)3-9(14)15/h2,4-5H,3H2,1H3,(H,14,15). The van der Waals surface area contributed by atoms with Crippen LogP contribution in [0.15, 0.2) is 27.0 Å². The van der Waals surface area contributed by atoms with Crippen molar-refractivity contribution < 1.29 is 9.90 Å². The summed E-state index contributed by atoms with van der Waals surface area (Å²) in [6.07, 6.45) is 1.64. The average Bonchev–Trinajstić information content (AvgIpc) is 2.64. The Labute approximate surface area is 106 Å². The topological polar surface area (TPSA) is 76.0 Å². The summed E-state index contributed by atoms with van der Waals surface area (Å²) in [5.74, 6) is -0.873. The molecule has 0 aliphatic heterocycles. The summed E-state index contributed by atoms with van der Waals surface area (Å²) in [4.78, 5) is 14.7. The van der Waals surface area contributed by atoms with Crippen molar-refractivity contribution in [2.24, 2.45) is 0 Å². The second-order valence-corrected chi connectivity index (χ2v) is 5.47. The van der Waals surface area contributed by atoms with Crippen molar-refractivity contribution in [3.05, 3.63) is 28.9 Å². The normalized spacial score (nSPS) is 10.4. The van der Waals surface area contributed by atoms with Gasteiger partial charge in [0.2, 0.25) is 0 Å². The Kier molecular flexibility index (Phi) is 3.70. The summed E-state index contributed by atoms with van der Waals surface area (Å²) in [7, 11) is 0. The lowest BCUT2D eigenvalue weighted by molar-refractivity contribution is -0.136. The SMILES string of the molecule is Cc1cnnc(Sc2nc(CC(=O)O)cs2)c1. The minimum absolute atomic E-state index is 0.0451. The maximum absolute atomic E-state index is 10.5. The zero-order valence-electron chi connectivity index (χ0n) is 8.95. The molecule has 0 saturated carbocycles. The van der Waals surface area contributed by atoms with E-state index in [-0.39, 0.29) is 6.42 Å². The van der Waals surface area contributed by atoms with Crippen molar-refractivity contribution >= 4 is 29.1 Å². The van der Waals surface area contributed by atoms with Crippen LogP contribution in [0.5, 0.6) is 0 Å². The molecule has 0 radical (unpaired) electrons. The van der Waals surface area contributed by atoms with Crippen LogP contribution >= 0.6 is 23.1 Å². The van der Waals surface area contributed by atoms with Gasteiger partial charge in [-0.15, -0.1) is 16.4 Å². The fourth-order valence-electron chi connectivity index (χ4n) is 1.15. The molecular formula is C10H9N3O2S2. The monoisotopic (exact) mass is 267 g/mol. The quantitative estimate of drug-likeness (QED) is 0.913. The first-order chi connectivity index (χ1) is 8.13. The summed E-state index contributed by atoms with van der Waals surface area (Å²) in [5, 5.41) is 19.0. The van der Waals surface area contributed by atoms with E-state index < -0.39 is 5.97 Å². The molecule has 0 atom stereocenters. The average molecular weight is 267 g/mol. The van der Waals surface area contributed by atoms with Crippen molar-refractivity contribution in [2.75, 3.05) is 0 Å². The lowest BCUT2D eigenvalue weighted by Gasteiger charge is -1.96. The molecule has 2 aromatic heterocycles. The summed E-state index contributed by atoms with van der Waals surface area (Å²) < 4.78 is 0.779. The van der Waals surface area contributed by atoms with Crippen LogP contribution in [0.4, 0.5) is 0 Å². The third kappa shape index (κ3) is 3.50. The van der Waals surface area contributed by atoms with Crippen molar-refractivity contribution in [1.82, 2.24) is 15.2 Å². The molecule has 0 unspecified atom stereocenters. The summed E-state index contributed by atoms with van der Waals surface area (Å²) in [5.41, 5.74) is 1.61. The third-order valence-electron chi connectivity index (χ3n) is 1.82. The molecule has 0 amide bonds. The zero-order chi connectivity index (χ0) is 12.3. The van der Waals surface area contributed by atoms with Gasteiger partial charge in [0, 0.05) is 5.38 Å². The number of aromatic nitrogens is 3. The van der Waals surface area contributed by atoms with E-state index in [0.717, 1.165) is 14.9 Å². The van der Waals surface area contributed by atoms with Gasteiger partial charge in [-0.25, -0.2) is 4.98 Å². The van der Waals surface area contributed by atoms with Crippen molar-refractivity contribution in [2.45, 2.75) is 22.7 Å². The van der Waals surface area contributed by atoms with Crippen LogP contribution in [0.1, 0.15) is 11.3 Å². The lowest BCUT2D eigenvalue weighted by Crippen LogP contribution is -1.99. The second kappa shape index (κ2) is 5.24. The van der Waals surface area contributed by atoms with Crippen molar-refractivity contribution in [1.29, 1.82) is 0 Å². The number of aliphatic carboxylic acids is 1. The van der Waals surface area contributed by atoms with Gasteiger partial charge in [-0.3, -0.25) is 4.79 Å². The molecule has 0 bridgehead atoms.